The van der Waals surface area contributed by atoms with Gasteiger partial charge in [-0.05, 0) is 60.9 Å². The van der Waals surface area contributed by atoms with Crippen LogP contribution < -0.4 is 19.1 Å². The summed E-state index contributed by atoms with van der Waals surface area (Å²) >= 11 is 0. The number of hydrogen-bond acceptors (Lipinski definition) is 7. The smallest absolute Gasteiger partial charge is 0.268 e. The number of pyridine rings is 1. The molecule has 0 radical (unpaired) electrons. The van der Waals surface area contributed by atoms with Gasteiger partial charge in [-0.3, -0.25) is 4.90 Å². The van der Waals surface area contributed by atoms with Crippen molar-refractivity contribution >= 4 is 21.5 Å². The van der Waals surface area contributed by atoms with Crippen molar-refractivity contribution in [1.82, 2.24) is 9.88 Å². The Bertz CT molecular complexity index is 1670. The van der Waals surface area contributed by atoms with Crippen molar-refractivity contribution in [2.75, 3.05) is 36.9 Å². The zero-order valence-corrected chi connectivity index (χ0v) is 25.1. The molecule has 5 rings (SSSR count). The molecule has 1 atom stereocenters. The second kappa shape index (κ2) is 13.0. The van der Waals surface area contributed by atoms with E-state index in [9.17, 15) is 12.8 Å². The number of rotatable bonds is 11. The number of methoxy groups -OCH3 is 2. The Balaban J connectivity index is 1.41. The molecule has 1 aliphatic rings. The summed E-state index contributed by atoms with van der Waals surface area (Å²) in [6.45, 7) is 4.00. The van der Waals surface area contributed by atoms with Crippen molar-refractivity contribution in [2.24, 2.45) is 0 Å². The highest BCUT2D eigenvalue weighted by Gasteiger charge is 2.31. The Morgan fingerprint density at radius 2 is 1.81 bits per heavy atom. The van der Waals surface area contributed by atoms with E-state index in [4.69, 9.17) is 9.47 Å². The maximum Gasteiger partial charge on any atom is 0.268 e. The van der Waals surface area contributed by atoms with Crippen molar-refractivity contribution in [3.05, 3.63) is 107 Å². The lowest BCUT2D eigenvalue weighted by Crippen LogP contribution is -2.32. The van der Waals surface area contributed by atoms with Crippen LogP contribution >= 0.6 is 0 Å². The highest BCUT2D eigenvalue weighted by atomic mass is 32.2. The molecular weight excluding hydrogens is 574 g/mol. The number of hydrogen-bond donors (Lipinski definition) is 1. The van der Waals surface area contributed by atoms with Crippen LogP contribution in [0.1, 0.15) is 23.1 Å². The van der Waals surface area contributed by atoms with Crippen LogP contribution in [0.4, 0.5) is 20.3 Å². The number of anilines is 2. The third-order valence-corrected chi connectivity index (χ3v) is 9.27. The molecule has 8 nitrogen and oxygen atoms in total. The number of sulfonamides is 1. The molecular formula is C32H34F2N4O4S. The SMILES string of the molecule is COc1ccc(CN(c2ccc(F)cn2)S(=O)(=O)c2cc(C)c(N[C@H]3CCN(Cc4ccccc4)C3)cc2F)c(OC)c1. The maximum absolute atomic E-state index is 15.7. The molecule has 4 aromatic rings. The maximum atomic E-state index is 15.7. The van der Waals surface area contributed by atoms with Gasteiger partial charge in [0.15, 0.2) is 0 Å². The average molecular weight is 609 g/mol. The van der Waals surface area contributed by atoms with Crippen LogP contribution in [-0.2, 0) is 23.1 Å². The minimum Gasteiger partial charge on any atom is -0.497 e. The van der Waals surface area contributed by atoms with Crippen LogP contribution in [-0.4, -0.2) is 51.7 Å². The molecule has 1 aromatic heterocycles. The molecule has 1 N–H and O–H groups in total. The van der Waals surface area contributed by atoms with Crippen LogP contribution in [0, 0.1) is 18.6 Å². The molecule has 1 fully saturated rings. The monoisotopic (exact) mass is 608 g/mol. The van der Waals surface area contributed by atoms with Gasteiger partial charge in [-0.25, -0.2) is 26.5 Å². The van der Waals surface area contributed by atoms with Gasteiger partial charge in [-0.15, -0.1) is 0 Å². The minimum absolute atomic E-state index is 0.0667. The number of likely N-dealkylation sites (tertiary alicyclic amines) is 1. The molecule has 2 heterocycles. The van der Waals surface area contributed by atoms with E-state index in [-0.39, 0.29) is 18.4 Å². The number of aryl methyl sites for hydroxylation is 1. The van der Waals surface area contributed by atoms with Crippen LogP contribution in [0.2, 0.25) is 0 Å². The molecule has 0 saturated carbocycles. The molecule has 1 saturated heterocycles. The average Bonchev–Trinajstić information content (AvgIpc) is 3.44. The lowest BCUT2D eigenvalue weighted by Gasteiger charge is -2.25. The lowest BCUT2D eigenvalue weighted by molar-refractivity contribution is 0.328. The van der Waals surface area contributed by atoms with Crippen molar-refractivity contribution in [1.29, 1.82) is 0 Å². The predicted molar refractivity (Wildman–Crippen MR) is 162 cm³/mol. The first-order valence-electron chi connectivity index (χ1n) is 13.9. The van der Waals surface area contributed by atoms with E-state index in [0.717, 1.165) is 42.6 Å². The van der Waals surface area contributed by atoms with Gasteiger partial charge in [-0.2, -0.15) is 0 Å². The van der Waals surface area contributed by atoms with Crippen molar-refractivity contribution in [3.8, 4) is 11.5 Å². The van der Waals surface area contributed by atoms with Crippen molar-refractivity contribution in [2.45, 2.75) is 37.4 Å². The second-order valence-corrected chi connectivity index (χ2v) is 12.3. The zero-order chi connectivity index (χ0) is 30.6. The third kappa shape index (κ3) is 6.89. The van der Waals surface area contributed by atoms with E-state index in [1.54, 1.807) is 25.1 Å². The van der Waals surface area contributed by atoms with Gasteiger partial charge in [0.1, 0.15) is 33.8 Å². The van der Waals surface area contributed by atoms with E-state index in [0.29, 0.717) is 28.3 Å². The first kappa shape index (κ1) is 30.2. The van der Waals surface area contributed by atoms with Gasteiger partial charge in [0.25, 0.3) is 10.0 Å². The summed E-state index contributed by atoms with van der Waals surface area (Å²) in [7, 11) is -1.54. The Kier molecular flexibility index (Phi) is 9.12. The lowest BCUT2D eigenvalue weighted by atomic mass is 10.1. The molecule has 43 heavy (non-hydrogen) atoms. The van der Waals surface area contributed by atoms with Crippen LogP contribution in [0.5, 0.6) is 11.5 Å². The highest BCUT2D eigenvalue weighted by Crippen LogP contribution is 2.33. The molecule has 0 bridgehead atoms. The van der Waals surface area contributed by atoms with Gasteiger partial charge in [0, 0.05) is 43.0 Å². The number of ether oxygens (including phenoxy) is 2. The normalized spacial score (nSPS) is 15.3. The van der Waals surface area contributed by atoms with Crippen molar-refractivity contribution < 1.29 is 26.7 Å². The summed E-state index contributed by atoms with van der Waals surface area (Å²) in [6, 6.07) is 20.1. The molecule has 11 heteroatoms. The van der Waals surface area contributed by atoms with Crippen LogP contribution in [0.3, 0.4) is 0 Å². The first-order valence-corrected chi connectivity index (χ1v) is 15.3. The van der Waals surface area contributed by atoms with E-state index in [2.05, 4.69) is 27.3 Å². The fourth-order valence-electron chi connectivity index (χ4n) is 5.22. The van der Waals surface area contributed by atoms with Crippen molar-refractivity contribution in [3.63, 3.8) is 0 Å². The van der Waals surface area contributed by atoms with Gasteiger partial charge < -0.3 is 14.8 Å². The Morgan fingerprint density at radius 1 is 1.02 bits per heavy atom. The van der Waals surface area contributed by atoms with E-state index in [1.807, 2.05) is 18.2 Å². The second-order valence-electron chi connectivity index (χ2n) is 10.5. The number of aromatic nitrogens is 1. The van der Waals surface area contributed by atoms with E-state index < -0.39 is 26.6 Å². The highest BCUT2D eigenvalue weighted by molar-refractivity contribution is 7.92. The predicted octanol–water partition coefficient (Wildman–Crippen LogP) is 5.77. The number of nitrogens with one attached hydrogen (secondary N) is 1. The topological polar surface area (TPSA) is 84.0 Å². The summed E-state index contributed by atoms with van der Waals surface area (Å²) in [4.78, 5) is 5.82. The summed E-state index contributed by atoms with van der Waals surface area (Å²) in [5.74, 6) is -0.709. The Morgan fingerprint density at radius 3 is 2.51 bits per heavy atom. The summed E-state index contributed by atoms with van der Waals surface area (Å²) in [5.41, 5.74) is 2.82. The largest absolute Gasteiger partial charge is 0.497 e. The molecule has 226 valence electrons. The summed E-state index contributed by atoms with van der Waals surface area (Å²) in [5, 5.41) is 3.40. The standard InChI is InChI=1S/C32H34F2N4O4S/c1-22-15-31(28(34)17-29(22)36-26-13-14-37(21-26)19-23-7-5-4-6-8-23)43(39,40)38(32-12-10-25(33)18-35-32)20-24-9-11-27(41-2)16-30(24)42-3/h4-12,15-18,26,36H,13-14,19-21H2,1-3H3/t26-/m0/s1. The van der Waals surface area contributed by atoms with Gasteiger partial charge in [0.2, 0.25) is 0 Å². The van der Waals surface area contributed by atoms with E-state index >= 15 is 4.39 Å². The fraction of sp³-hybridized carbons (Fsp3) is 0.281. The third-order valence-electron chi connectivity index (χ3n) is 7.50. The summed E-state index contributed by atoms with van der Waals surface area (Å²) in [6.07, 6.45) is 1.79. The fourth-order valence-corrected chi connectivity index (χ4v) is 6.76. The molecule has 3 aromatic carbocycles. The Labute approximate surface area is 250 Å². The Hall–Kier alpha value is -4.22. The first-order chi connectivity index (χ1) is 20.7. The number of benzene rings is 3. The minimum atomic E-state index is -4.50. The van der Waals surface area contributed by atoms with Crippen LogP contribution in [0.25, 0.3) is 0 Å². The van der Waals surface area contributed by atoms with Gasteiger partial charge in [0.05, 0.1) is 27.0 Å². The summed E-state index contributed by atoms with van der Waals surface area (Å²) < 4.78 is 69.2. The number of nitrogens with zero attached hydrogens (tertiary/aromatic N) is 3. The van der Waals surface area contributed by atoms with E-state index in [1.165, 1.54) is 38.0 Å². The number of halogens is 2. The van der Waals surface area contributed by atoms with Crippen LogP contribution in [0.15, 0.2) is 83.9 Å². The molecule has 0 amide bonds. The quantitative estimate of drug-likeness (QED) is 0.232. The molecule has 0 unspecified atom stereocenters. The zero-order valence-electron chi connectivity index (χ0n) is 24.3. The molecule has 0 aliphatic carbocycles. The van der Waals surface area contributed by atoms with Gasteiger partial charge >= 0.3 is 0 Å². The molecule has 1 aliphatic heterocycles. The van der Waals surface area contributed by atoms with Gasteiger partial charge in [-0.1, -0.05) is 30.3 Å². The molecule has 0 spiro atoms.